The number of primary amides is 1. The maximum Gasteiger partial charge on any atom is 0.407 e. The van der Waals surface area contributed by atoms with E-state index >= 15 is 0 Å². The van der Waals surface area contributed by atoms with Gasteiger partial charge in [0.2, 0.25) is 29.4 Å². The van der Waals surface area contributed by atoms with Gasteiger partial charge in [-0.2, -0.15) is 0 Å². The number of fused-ring (bicyclic) bond motifs is 3. The smallest absolute Gasteiger partial charge is 0.407 e. The lowest BCUT2D eigenvalue weighted by Gasteiger charge is -2.42. The van der Waals surface area contributed by atoms with Crippen molar-refractivity contribution in [3.05, 3.63) is 87.5 Å². The molecule has 0 unspecified atom stereocenters. The highest BCUT2D eigenvalue weighted by molar-refractivity contribution is 6.31. The number of anilines is 1. The van der Waals surface area contributed by atoms with E-state index in [1.807, 2.05) is 13.8 Å². The lowest BCUT2D eigenvalue weighted by molar-refractivity contribution is -0.249. The predicted molar refractivity (Wildman–Crippen MR) is 321 cm³/mol. The molecular weight excluding hydrogens is 1210 g/mol. The minimum absolute atomic E-state index is 0.00138. The fourth-order valence-electron chi connectivity index (χ4n) is 11.0. The Hall–Kier alpha value is -9.07. The summed E-state index contributed by atoms with van der Waals surface area (Å²) in [5.41, 5.74) is 0.957. The molecule has 1 fully saturated rings. The monoisotopic (exact) mass is 1290 g/mol. The molecule has 0 radical (unpaired) electrons. The number of aliphatic hydroxyl groups excluding tert-OH is 2. The van der Waals surface area contributed by atoms with E-state index < -0.39 is 156 Å². The number of ether oxygens (including phenoxy) is 6. The summed E-state index contributed by atoms with van der Waals surface area (Å²) in [4.78, 5) is 144. The third kappa shape index (κ3) is 17.1. The predicted octanol–water partition coefficient (Wildman–Crippen LogP) is 0.854. The van der Waals surface area contributed by atoms with E-state index in [-0.39, 0.29) is 134 Å². The minimum atomic E-state index is -2.47. The van der Waals surface area contributed by atoms with Crippen molar-refractivity contribution >= 4 is 70.6 Å². The lowest BCUT2D eigenvalue weighted by atomic mass is 9.72. The Balaban J connectivity index is 1.06. The number of nitrogens with one attached hydrogen (secondary N) is 6. The summed E-state index contributed by atoms with van der Waals surface area (Å²) in [6.45, 7) is 6.71. The zero-order chi connectivity index (χ0) is 67.3. The number of nitrogens with zero attached hydrogens (tertiary/aromatic N) is 1. The van der Waals surface area contributed by atoms with Crippen LogP contribution in [0.5, 0.6) is 23.0 Å². The van der Waals surface area contributed by atoms with E-state index in [2.05, 4.69) is 31.9 Å². The molecular formula is C62H78N8O22. The average molecular weight is 1290 g/mol. The number of aliphatic hydroxyl groups is 3. The molecule has 3 aromatic carbocycles. The zero-order valence-electron chi connectivity index (χ0n) is 51.6. The van der Waals surface area contributed by atoms with E-state index in [0.29, 0.717) is 0 Å². The van der Waals surface area contributed by atoms with Crippen molar-refractivity contribution < 1.29 is 107 Å². The number of imide groups is 1. The van der Waals surface area contributed by atoms with Crippen molar-refractivity contribution in [2.45, 2.75) is 134 Å². The Morgan fingerprint density at radius 3 is 2.24 bits per heavy atom. The molecule has 30 nitrogen and oxygen atoms in total. The van der Waals surface area contributed by atoms with Crippen molar-refractivity contribution in [1.29, 1.82) is 0 Å². The number of Topliss-reactive ketones (excluding diaryl/α,β-unsaturated/α-hetero) is 1. The first-order valence-corrected chi connectivity index (χ1v) is 29.9. The number of alkyl carbamates (subject to hydrolysis) is 1. The van der Waals surface area contributed by atoms with E-state index in [1.54, 1.807) is 13.8 Å². The van der Waals surface area contributed by atoms with Gasteiger partial charge in [0, 0.05) is 97.9 Å². The van der Waals surface area contributed by atoms with E-state index in [1.165, 1.54) is 50.4 Å². The number of hydrogen-bond donors (Lipinski definition) is 12. The second-order valence-electron chi connectivity index (χ2n) is 23.2. The molecule has 92 heavy (non-hydrogen) atoms. The van der Waals surface area contributed by atoms with Gasteiger partial charge in [-0.3, -0.25) is 48.1 Å². The summed E-state index contributed by atoms with van der Waals surface area (Å²) in [5, 5.41) is 72.7. The van der Waals surface area contributed by atoms with Crippen molar-refractivity contribution in [1.82, 2.24) is 31.5 Å². The third-order valence-electron chi connectivity index (χ3n) is 15.7. The highest BCUT2D eigenvalue weighted by atomic mass is 16.7. The number of methoxy groups -OCH3 is 1. The summed E-state index contributed by atoms with van der Waals surface area (Å²) >= 11 is 0. The van der Waals surface area contributed by atoms with Gasteiger partial charge in [-0.1, -0.05) is 39.8 Å². The molecule has 0 bridgehead atoms. The summed E-state index contributed by atoms with van der Waals surface area (Å²) in [5.74, 6) is -8.05. The van der Waals surface area contributed by atoms with Crippen molar-refractivity contribution in [2.24, 2.45) is 17.6 Å². The van der Waals surface area contributed by atoms with Crippen LogP contribution in [-0.4, -0.2) is 191 Å². The molecule has 2 aliphatic heterocycles. The van der Waals surface area contributed by atoms with Crippen molar-refractivity contribution in [2.75, 3.05) is 58.5 Å². The topological polar surface area (TPSA) is 446 Å². The maximum atomic E-state index is 14.2. The minimum Gasteiger partial charge on any atom is -0.507 e. The van der Waals surface area contributed by atoms with E-state index in [0.717, 1.165) is 17.1 Å². The molecule has 4 aliphatic rings. The SMILES string of the molecule is COc1cccc2c1C(=O)c1c(O)c3c(c(O)c1C2=O)C[C@@](O)(C(=O)CO)C[C@@H]3O[C@H]1C[C@H](NC(=O)OCc2ccc(NC(=O)[C@H](CCCNC(N)=O)NC(=O)[C@@H](NC(=O)CC(C)C)C(C)C)cc2OCCOCCNC(=O)CCN2C(=O)C=CC2=O)[C@H](O)[C@H](C)O1. The zero-order valence-corrected chi connectivity index (χ0v) is 51.6. The molecule has 498 valence electrons. The van der Waals surface area contributed by atoms with Gasteiger partial charge in [-0.25, -0.2) is 9.59 Å². The Morgan fingerprint density at radius 2 is 1.57 bits per heavy atom. The molecule has 1 saturated heterocycles. The first-order chi connectivity index (χ1) is 43.7. The number of urea groups is 1. The van der Waals surface area contributed by atoms with Crippen LogP contribution in [0, 0.1) is 11.8 Å². The standard InChI is InChI=1S/C62H78N8O22/c1-30(2)23-44(74)69-52(31(3)4)59(83)67-37(10-8-17-65-60(63)84)58(82)66-34-13-12-33(40(24-34)89-22-21-88-20-18-64-43(73)16-19-70-45(75)14-15-46(70)76)29-90-61(85)68-38-25-47(91-32(5)53(38)77)92-41-27-62(86,42(72)28-71)26-36-49(41)57(81)51-50(55(36)79)54(78)35-9-7-11-39(87-6)48(35)56(51)80/h7,9,11-15,24,30-32,37-38,41,47,52-53,71,77,79,81,86H,8,10,16-23,25-29H2,1-6H3,(H,64,73)(H,66,82)(H,67,83)(H,68,85)(H,69,74)(H3,63,65,84)/t32-,37-,38-,41-,47-,52-,53+,62-/m0/s1. The summed E-state index contributed by atoms with van der Waals surface area (Å²) < 4.78 is 35.0. The molecule has 0 aromatic heterocycles. The molecule has 9 amide bonds. The van der Waals surface area contributed by atoms with Crippen LogP contribution in [0.4, 0.5) is 15.3 Å². The maximum absolute atomic E-state index is 14.2. The van der Waals surface area contributed by atoms with Gasteiger partial charge < -0.3 is 91.6 Å². The second-order valence-corrected chi connectivity index (χ2v) is 23.2. The average Bonchev–Trinajstić information content (AvgIpc) is 0.818. The number of nitrogens with two attached hydrogens (primary N) is 1. The number of rotatable bonds is 30. The molecule has 0 saturated carbocycles. The quantitative estimate of drug-likeness (QED) is 0.0196. The van der Waals surface area contributed by atoms with Crippen LogP contribution in [0.25, 0.3) is 0 Å². The number of ketones is 3. The van der Waals surface area contributed by atoms with Crippen LogP contribution in [-0.2, 0) is 65.5 Å². The van der Waals surface area contributed by atoms with Crippen molar-refractivity contribution in [3.8, 4) is 23.0 Å². The fraction of sp³-hybridized carbons (Fsp3) is 0.500. The molecule has 8 atom stereocenters. The van der Waals surface area contributed by atoms with Gasteiger partial charge in [0.15, 0.2) is 17.9 Å². The number of hydrogen-bond acceptors (Lipinski definition) is 22. The summed E-state index contributed by atoms with van der Waals surface area (Å²) in [7, 11) is 1.27. The van der Waals surface area contributed by atoms with E-state index in [4.69, 9.17) is 34.2 Å². The highest BCUT2D eigenvalue weighted by Crippen LogP contribution is 2.52. The molecule has 3 aromatic rings. The number of amides is 9. The van der Waals surface area contributed by atoms with Gasteiger partial charge in [-0.05, 0) is 49.8 Å². The van der Waals surface area contributed by atoms with Crippen LogP contribution < -0.4 is 47.1 Å². The normalized spacial score (nSPS) is 20.5. The second kappa shape index (κ2) is 31.3. The van der Waals surface area contributed by atoms with Crippen LogP contribution in [0.2, 0.25) is 0 Å². The Bertz CT molecular complexity index is 3350. The first-order valence-electron chi connectivity index (χ1n) is 29.9. The molecule has 0 spiro atoms. The molecule has 30 heteroatoms. The van der Waals surface area contributed by atoms with E-state index in [9.17, 15) is 78.3 Å². The number of carbonyl (C=O) groups is 11. The number of phenols is 2. The lowest BCUT2D eigenvalue weighted by Crippen LogP contribution is -2.56. The van der Waals surface area contributed by atoms with Gasteiger partial charge in [-0.15, -0.1) is 0 Å². The fourth-order valence-corrected chi connectivity index (χ4v) is 11.0. The highest BCUT2D eigenvalue weighted by Gasteiger charge is 2.51. The number of phenolic OH excluding ortho intramolecular Hbond substituents is 2. The van der Waals surface area contributed by atoms with Crippen LogP contribution in [0.3, 0.4) is 0 Å². The van der Waals surface area contributed by atoms with Crippen LogP contribution in [0.15, 0.2) is 48.6 Å². The molecule has 2 heterocycles. The molecule has 13 N–H and O–H groups in total. The Morgan fingerprint density at radius 1 is 0.848 bits per heavy atom. The van der Waals surface area contributed by atoms with Crippen molar-refractivity contribution in [3.63, 3.8) is 0 Å². The third-order valence-corrected chi connectivity index (χ3v) is 15.7. The van der Waals surface area contributed by atoms with Gasteiger partial charge in [0.05, 0.1) is 55.3 Å². The van der Waals surface area contributed by atoms with Crippen LogP contribution >= 0.6 is 0 Å². The molecule has 2 aliphatic carbocycles. The number of benzene rings is 3. The molecule has 7 rings (SSSR count). The first kappa shape index (κ1) is 70.4. The van der Waals surface area contributed by atoms with Crippen LogP contribution in [0.1, 0.15) is 128 Å². The van der Waals surface area contributed by atoms with Gasteiger partial charge in [0.25, 0.3) is 11.8 Å². The van der Waals surface area contributed by atoms with Gasteiger partial charge in [0.1, 0.15) is 66.6 Å². The number of carbonyl (C=O) groups excluding carboxylic acids is 11. The Labute approximate surface area is 528 Å². The largest absolute Gasteiger partial charge is 0.507 e. The Kier molecular flexibility index (Phi) is 23.9. The summed E-state index contributed by atoms with van der Waals surface area (Å²) in [6.07, 6.45) is -6.04. The summed E-state index contributed by atoms with van der Waals surface area (Å²) in [6, 6.07) is 4.25. The van der Waals surface area contributed by atoms with Gasteiger partial charge >= 0.3 is 12.1 Å². The number of aromatic hydroxyl groups is 2.